The fourth-order valence-electron chi connectivity index (χ4n) is 2.89. The lowest BCUT2D eigenvalue weighted by atomic mass is 10.2. The Hall–Kier alpha value is -2.77. The van der Waals surface area contributed by atoms with Crippen molar-refractivity contribution in [2.45, 2.75) is 13.3 Å². The molecule has 162 valence electrons. The zero-order chi connectivity index (χ0) is 22.1. The average Bonchev–Trinajstić information content (AvgIpc) is 3.03. The van der Waals surface area contributed by atoms with Gasteiger partial charge in [0.15, 0.2) is 11.5 Å². The van der Waals surface area contributed by atoms with Gasteiger partial charge in [-0.2, -0.15) is 0 Å². The predicted octanol–water partition coefficient (Wildman–Crippen LogP) is 5.32. The third-order valence-corrected chi connectivity index (χ3v) is 5.69. The highest BCUT2D eigenvalue weighted by Crippen LogP contribution is 2.34. The molecule has 2 aromatic carbocycles. The number of hydrogen-bond acceptors (Lipinski definition) is 6. The quantitative estimate of drug-likeness (QED) is 0.198. The normalized spacial score (nSPS) is 14.7. The molecule has 0 saturated carbocycles. The van der Waals surface area contributed by atoms with Gasteiger partial charge in [0.25, 0.3) is 5.91 Å². The number of nitrogens with zero attached hydrogens (tertiary/aromatic N) is 1. The first-order valence-corrected chi connectivity index (χ1v) is 11.3. The lowest BCUT2D eigenvalue weighted by molar-refractivity contribution is -0.121. The summed E-state index contributed by atoms with van der Waals surface area (Å²) >= 11 is 6.58. The van der Waals surface area contributed by atoms with Crippen molar-refractivity contribution in [1.82, 2.24) is 4.90 Å². The Morgan fingerprint density at radius 3 is 2.58 bits per heavy atom. The second-order valence-electron chi connectivity index (χ2n) is 6.58. The van der Waals surface area contributed by atoms with E-state index in [4.69, 9.17) is 26.4 Å². The van der Waals surface area contributed by atoms with Gasteiger partial charge in [0.05, 0.1) is 24.7 Å². The predicted molar refractivity (Wildman–Crippen MR) is 130 cm³/mol. The van der Waals surface area contributed by atoms with Gasteiger partial charge in [-0.25, -0.2) is 0 Å². The number of carbonyl (C=O) groups is 1. The fraction of sp³-hybridized carbons (Fsp3) is 0.250. The molecule has 7 heteroatoms. The van der Waals surface area contributed by atoms with E-state index in [0.29, 0.717) is 47.1 Å². The van der Waals surface area contributed by atoms with Crippen LogP contribution >= 0.6 is 24.0 Å². The Kier molecular flexibility index (Phi) is 8.55. The molecule has 1 fully saturated rings. The molecule has 0 unspecified atom stereocenters. The molecule has 3 rings (SSSR count). The van der Waals surface area contributed by atoms with Gasteiger partial charge in [-0.15, -0.1) is 6.58 Å². The van der Waals surface area contributed by atoms with Crippen LogP contribution in [0.2, 0.25) is 0 Å². The average molecular weight is 456 g/mol. The number of amides is 1. The number of para-hydroxylation sites is 1. The second-order valence-corrected chi connectivity index (χ2v) is 8.26. The summed E-state index contributed by atoms with van der Waals surface area (Å²) in [7, 11) is 0. The molecule has 5 nitrogen and oxygen atoms in total. The van der Waals surface area contributed by atoms with Crippen molar-refractivity contribution < 1.29 is 19.0 Å². The van der Waals surface area contributed by atoms with E-state index in [-0.39, 0.29) is 5.91 Å². The summed E-state index contributed by atoms with van der Waals surface area (Å²) in [4.78, 5) is 14.7. The maximum atomic E-state index is 12.5. The van der Waals surface area contributed by atoms with Crippen molar-refractivity contribution in [1.29, 1.82) is 0 Å². The Morgan fingerprint density at radius 2 is 1.84 bits per heavy atom. The number of rotatable bonds is 11. The van der Waals surface area contributed by atoms with Crippen molar-refractivity contribution in [3.05, 3.63) is 71.7 Å². The lowest BCUT2D eigenvalue weighted by Crippen LogP contribution is -2.27. The van der Waals surface area contributed by atoms with Crippen LogP contribution in [-0.2, 0) is 4.79 Å². The van der Waals surface area contributed by atoms with Crippen LogP contribution in [-0.4, -0.2) is 41.5 Å². The highest BCUT2D eigenvalue weighted by atomic mass is 32.2. The number of thioether (sulfide) groups is 1. The van der Waals surface area contributed by atoms with Crippen LogP contribution in [0.3, 0.4) is 0 Å². The van der Waals surface area contributed by atoms with Gasteiger partial charge < -0.3 is 14.2 Å². The summed E-state index contributed by atoms with van der Waals surface area (Å²) in [6.45, 7) is 7.59. The van der Waals surface area contributed by atoms with Crippen LogP contribution in [0.4, 0.5) is 0 Å². The summed E-state index contributed by atoms with van der Waals surface area (Å²) < 4.78 is 17.9. The number of carbonyl (C=O) groups excluding carboxylic acids is 1. The summed E-state index contributed by atoms with van der Waals surface area (Å²) in [5, 5.41) is 0. The first kappa shape index (κ1) is 22.9. The van der Waals surface area contributed by atoms with Crippen LogP contribution in [0.25, 0.3) is 6.08 Å². The van der Waals surface area contributed by atoms with E-state index < -0.39 is 0 Å². The lowest BCUT2D eigenvalue weighted by Gasteiger charge is -2.13. The molecule has 0 atom stereocenters. The van der Waals surface area contributed by atoms with Gasteiger partial charge in [0.2, 0.25) is 0 Å². The third-order valence-electron chi connectivity index (χ3n) is 4.31. The van der Waals surface area contributed by atoms with Gasteiger partial charge in [-0.1, -0.05) is 54.3 Å². The third kappa shape index (κ3) is 6.35. The molecule has 2 aromatic rings. The van der Waals surface area contributed by atoms with E-state index in [1.165, 1.54) is 16.7 Å². The Labute approximate surface area is 192 Å². The first-order chi connectivity index (χ1) is 15.1. The Balaban J connectivity index is 1.61. The molecule has 1 heterocycles. The largest absolute Gasteiger partial charge is 0.493 e. The summed E-state index contributed by atoms with van der Waals surface area (Å²) in [5.74, 6) is 2.05. The Morgan fingerprint density at radius 1 is 1.06 bits per heavy atom. The zero-order valence-electron chi connectivity index (χ0n) is 17.4. The molecule has 0 radical (unpaired) electrons. The molecule has 0 aliphatic carbocycles. The molecule has 0 bridgehead atoms. The van der Waals surface area contributed by atoms with E-state index in [2.05, 4.69) is 6.58 Å². The fourth-order valence-corrected chi connectivity index (χ4v) is 4.16. The molecule has 1 amide bonds. The van der Waals surface area contributed by atoms with Gasteiger partial charge in [-0.05, 0) is 42.8 Å². The van der Waals surface area contributed by atoms with E-state index in [0.717, 1.165) is 17.7 Å². The van der Waals surface area contributed by atoms with Gasteiger partial charge >= 0.3 is 0 Å². The highest BCUT2D eigenvalue weighted by molar-refractivity contribution is 8.26. The maximum Gasteiger partial charge on any atom is 0.266 e. The van der Waals surface area contributed by atoms with Crippen molar-refractivity contribution in [2.75, 3.05) is 26.4 Å². The van der Waals surface area contributed by atoms with Crippen LogP contribution in [0, 0.1) is 0 Å². The highest BCUT2D eigenvalue weighted by Gasteiger charge is 2.31. The number of hydrogen-bond donors (Lipinski definition) is 0. The molecular weight excluding hydrogens is 430 g/mol. The molecular formula is C24H25NO4S2. The number of thiocarbonyl (C=S) groups is 1. The molecule has 1 saturated heterocycles. The van der Waals surface area contributed by atoms with Crippen LogP contribution in [0.5, 0.6) is 17.2 Å². The van der Waals surface area contributed by atoms with Crippen molar-refractivity contribution in [2.24, 2.45) is 0 Å². The smallest absolute Gasteiger partial charge is 0.266 e. The van der Waals surface area contributed by atoms with E-state index in [1.807, 2.05) is 61.5 Å². The van der Waals surface area contributed by atoms with Crippen LogP contribution in [0.1, 0.15) is 18.9 Å². The van der Waals surface area contributed by atoms with E-state index in [1.54, 1.807) is 6.08 Å². The van der Waals surface area contributed by atoms with E-state index in [9.17, 15) is 4.79 Å². The van der Waals surface area contributed by atoms with Gasteiger partial charge in [-0.3, -0.25) is 9.69 Å². The van der Waals surface area contributed by atoms with Crippen molar-refractivity contribution >= 4 is 40.3 Å². The topological polar surface area (TPSA) is 48.0 Å². The molecule has 1 aliphatic heterocycles. The van der Waals surface area contributed by atoms with Crippen molar-refractivity contribution in [3.8, 4) is 17.2 Å². The summed E-state index contributed by atoms with van der Waals surface area (Å²) in [6.07, 6.45) is 4.23. The number of ether oxygens (including phenoxy) is 3. The van der Waals surface area contributed by atoms with Gasteiger partial charge in [0.1, 0.15) is 10.1 Å². The van der Waals surface area contributed by atoms with Crippen LogP contribution in [0.15, 0.2) is 66.1 Å². The van der Waals surface area contributed by atoms with Crippen LogP contribution < -0.4 is 14.2 Å². The second kappa shape index (κ2) is 11.6. The van der Waals surface area contributed by atoms with Crippen molar-refractivity contribution in [3.63, 3.8) is 0 Å². The molecule has 1 aliphatic rings. The SMILES string of the molecule is C=CCN1C(=O)C(=Cc2ccc(OCCCOc3ccccc3)c(OCC)c2)SC1=S. The first-order valence-electron chi connectivity index (χ1n) is 10.1. The minimum Gasteiger partial charge on any atom is -0.493 e. The minimum absolute atomic E-state index is 0.105. The molecule has 0 spiro atoms. The molecule has 0 aromatic heterocycles. The zero-order valence-corrected chi connectivity index (χ0v) is 19.0. The molecule has 0 N–H and O–H groups in total. The van der Waals surface area contributed by atoms with E-state index >= 15 is 0 Å². The summed E-state index contributed by atoms with van der Waals surface area (Å²) in [5.41, 5.74) is 0.849. The standard InChI is InChI=1S/C24H25NO4S2/c1-3-13-25-23(26)22(31-24(25)30)17-18-11-12-20(21(16-18)27-4-2)29-15-8-14-28-19-9-6-5-7-10-19/h3,5-7,9-12,16-17H,1,4,8,13-15H2,2H3. The molecule has 31 heavy (non-hydrogen) atoms. The monoisotopic (exact) mass is 455 g/mol. The summed E-state index contributed by atoms with van der Waals surface area (Å²) in [6, 6.07) is 15.3. The number of benzene rings is 2. The maximum absolute atomic E-state index is 12.5. The minimum atomic E-state index is -0.105. The van der Waals surface area contributed by atoms with Gasteiger partial charge in [0, 0.05) is 13.0 Å². The Bertz CT molecular complexity index is 959.